The Morgan fingerprint density at radius 2 is 2.19 bits per heavy atom. The Morgan fingerprint density at radius 1 is 1.50 bits per heavy atom. The van der Waals surface area contributed by atoms with Crippen molar-refractivity contribution in [2.75, 3.05) is 5.73 Å². The first-order valence-corrected chi connectivity index (χ1v) is 5.15. The van der Waals surface area contributed by atoms with Gasteiger partial charge in [-0.05, 0) is 31.5 Å². The average Bonchev–Trinajstić information content (AvgIpc) is 2.37. The first-order chi connectivity index (χ1) is 7.40. The predicted molar refractivity (Wildman–Crippen MR) is 62.1 cm³/mol. The summed E-state index contributed by atoms with van der Waals surface area (Å²) >= 11 is 0. The molecule has 0 aliphatic carbocycles. The fourth-order valence-corrected chi connectivity index (χ4v) is 1.96. The lowest BCUT2D eigenvalue weighted by Gasteiger charge is -2.19. The number of carbonyl (C=O) groups is 1. The average molecular weight is 219 g/mol. The van der Waals surface area contributed by atoms with E-state index in [1.54, 1.807) is 6.07 Å². The van der Waals surface area contributed by atoms with Gasteiger partial charge in [0.2, 0.25) is 0 Å². The van der Waals surface area contributed by atoms with Crippen LogP contribution < -0.4 is 11.2 Å². The van der Waals surface area contributed by atoms with Crippen LogP contribution in [0.25, 0.3) is 0 Å². The molecule has 0 saturated heterocycles. The van der Waals surface area contributed by atoms with Gasteiger partial charge in [-0.2, -0.15) is 0 Å². The molecule has 0 bridgehead atoms. The Kier molecular flexibility index (Phi) is 2.42. The normalized spacial score (nSPS) is 17.1. The number of rotatable bonds is 1. The van der Waals surface area contributed by atoms with Crippen molar-refractivity contribution in [3.05, 3.63) is 23.8 Å². The number of hydrogen-bond donors (Lipinski definition) is 1. The molecule has 0 radical (unpaired) electrons. The maximum Gasteiger partial charge on any atom is 0.565 e. The van der Waals surface area contributed by atoms with Crippen LogP contribution in [0, 0.1) is 0 Å². The van der Waals surface area contributed by atoms with E-state index in [1.165, 1.54) is 6.92 Å². The van der Waals surface area contributed by atoms with Gasteiger partial charge in [0.25, 0.3) is 5.97 Å². The van der Waals surface area contributed by atoms with Gasteiger partial charge in [-0.1, -0.05) is 6.07 Å². The van der Waals surface area contributed by atoms with Gasteiger partial charge in [0.05, 0.1) is 5.60 Å². The summed E-state index contributed by atoms with van der Waals surface area (Å²) in [4.78, 5) is 11.0. The monoisotopic (exact) mass is 219 g/mol. The molecule has 0 atom stereocenters. The Bertz CT molecular complexity index is 445. The van der Waals surface area contributed by atoms with Crippen LogP contribution in [0.3, 0.4) is 0 Å². The van der Waals surface area contributed by atoms with Crippen LogP contribution >= 0.6 is 0 Å². The first kappa shape index (κ1) is 11.0. The molecule has 0 amide bonds. The maximum atomic E-state index is 11.0. The lowest BCUT2D eigenvalue weighted by Crippen LogP contribution is -2.34. The molecule has 0 aromatic heterocycles. The smallest absolute Gasteiger partial charge is 0.506 e. The summed E-state index contributed by atoms with van der Waals surface area (Å²) in [6.45, 7) is 5.23. The van der Waals surface area contributed by atoms with Crippen molar-refractivity contribution in [1.29, 1.82) is 0 Å². The van der Waals surface area contributed by atoms with Gasteiger partial charge in [0, 0.05) is 18.1 Å². The van der Waals surface area contributed by atoms with E-state index in [1.807, 2.05) is 26.0 Å². The summed E-state index contributed by atoms with van der Waals surface area (Å²) in [6.07, 6.45) is 0. The summed E-state index contributed by atoms with van der Waals surface area (Å²) in [5.41, 5.74) is 7.74. The highest BCUT2D eigenvalue weighted by molar-refractivity contribution is 6.64. The van der Waals surface area contributed by atoms with Crippen molar-refractivity contribution < 1.29 is 14.1 Å². The number of hydrogen-bond acceptors (Lipinski definition) is 4. The van der Waals surface area contributed by atoms with E-state index in [2.05, 4.69) is 0 Å². The summed E-state index contributed by atoms with van der Waals surface area (Å²) < 4.78 is 10.8. The predicted octanol–water partition coefficient (Wildman–Crippen LogP) is 0.792. The Balaban J connectivity index is 2.43. The molecule has 84 valence electrons. The zero-order valence-corrected chi connectivity index (χ0v) is 9.61. The second-order valence-corrected chi connectivity index (χ2v) is 4.42. The summed E-state index contributed by atoms with van der Waals surface area (Å²) in [5.74, 6) is -0.365. The van der Waals surface area contributed by atoms with E-state index in [4.69, 9.17) is 15.0 Å². The van der Waals surface area contributed by atoms with E-state index in [0.717, 1.165) is 11.0 Å². The van der Waals surface area contributed by atoms with Gasteiger partial charge < -0.3 is 15.0 Å². The van der Waals surface area contributed by atoms with E-state index < -0.39 is 12.7 Å². The van der Waals surface area contributed by atoms with Gasteiger partial charge in [-0.25, -0.2) is 0 Å². The lowest BCUT2D eigenvalue weighted by molar-refractivity contribution is -0.133. The summed E-state index contributed by atoms with van der Waals surface area (Å²) in [7, 11) is -0.647. The minimum Gasteiger partial charge on any atom is -0.506 e. The molecule has 1 aliphatic heterocycles. The SMILES string of the molecule is CC(=O)OB1OC(C)(C)c2ccc(N)cc21. The molecule has 2 rings (SSSR count). The molecule has 4 nitrogen and oxygen atoms in total. The zero-order valence-electron chi connectivity index (χ0n) is 9.61. The first-order valence-electron chi connectivity index (χ1n) is 5.15. The highest BCUT2D eigenvalue weighted by Crippen LogP contribution is 2.31. The fraction of sp³-hybridized carbons (Fsp3) is 0.364. The highest BCUT2D eigenvalue weighted by Gasteiger charge is 2.44. The zero-order chi connectivity index (χ0) is 11.9. The number of anilines is 1. The third-order valence-electron chi connectivity index (χ3n) is 2.65. The Hall–Kier alpha value is -1.49. The van der Waals surface area contributed by atoms with E-state index in [-0.39, 0.29) is 5.97 Å². The standard InChI is InChI=1S/C11H14BNO3/c1-7(14)15-12-10-6-8(13)4-5-9(10)11(2,3)16-12/h4-6H,13H2,1-3H3. The molecule has 1 aromatic carbocycles. The minimum atomic E-state index is -0.647. The molecular formula is C11H14BNO3. The van der Waals surface area contributed by atoms with Crippen molar-refractivity contribution in [2.24, 2.45) is 0 Å². The molecule has 0 saturated carbocycles. The van der Waals surface area contributed by atoms with E-state index >= 15 is 0 Å². The van der Waals surface area contributed by atoms with Gasteiger partial charge in [-0.15, -0.1) is 0 Å². The fourth-order valence-electron chi connectivity index (χ4n) is 1.96. The quantitative estimate of drug-likeness (QED) is 0.560. The number of carbonyl (C=O) groups excluding carboxylic acids is 1. The summed E-state index contributed by atoms with van der Waals surface area (Å²) in [6, 6.07) is 5.52. The van der Waals surface area contributed by atoms with Crippen LogP contribution in [0.1, 0.15) is 26.3 Å². The van der Waals surface area contributed by atoms with Crippen LogP contribution in [0.4, 0.5) is 5.69 Å². The van der Waals surface area contributed by atoms with Crippen LogP contribution in [0.2, 0.25) is 0 Å². The van der Waals surface area contributed by atoms with Gasteiger partial charge in [0.1, 0.15) is 0 Å². The maximum absolute atomic E-state index is 11.0. The second kappa shape index (κ2) is 3.52. The van der Waals surface area contributed by atoms with Gasteiger partial charge in [0.15, 0.2) is 0 Å². The van der Waals surface area contributed by atoms with Crippen LogP contribution in [0.5, 0.6) is 0 Å². The summed E-state index contributed by atoms with van der Waals surface area (Å²) in [5, 5.41) is 0. The number of nitrogens with two attached hydrogens (primary N) is 1. The van der Waals surface area contributed by atoms with Crippen LogP contribution in [-0.4, -0.2) is 13.1 Å². The van der Waals surface area contributed by atoms with E-state index in [9.17, 15) is 4.79 Å². The number of fused-ring (bicyclic) bond motifs is 1. The Labute approximate surface area is 94.9 Å². The minimum absolute atomic E-state index is 0.365. The second-order valence-electron chi connectivity index (χ2n) is 4.42. The molecular weight excluding hydrogens is 205 g/mol. The van der Waals surface area contributed by atoms with Crippen molar-refractivity contribution in [3.8, 4) is 0 Å². The molecule has 2 N–H and O–H groups in total. The van der Waals surface area contributed by atoms with Gasteiger partial charge in [-0.3, -0.25) is 4.79 Å². The number of benzene rings is 1. The molecule has 0 unspecified atom stereocenters. The molecule has 16 heavy (non-hydrogen) atoms. The third kappa shape index (κ3) is 1.78. The van der Waals surface area contributed by atoms with Crippen molar-refractivity contribution in [1.82, 2.24) is 0 Å². The lowest BCUT2D eigenvalue weighted by atomic mass is 9.77. The molecule has 0 fully saturated rings. The third-order valence-corrected chi connectivity index (χ3v) is 2.65. The topological polar surface area (TPSA) is 61.5 Å². The molecule has 5 heteroatoms. The van der Waals surface area contributed by atoms with Crippen molar-refractivity contribution in [2.45, 2.75) is 26.4 Å². The molecule has 0 spiro atoms. The highest BCUT2D eigenvalue weighted by atomic mass is 16.6. The molecule has 1 aliphatic rings. The van der Waals surface area contributed by atoms with E-state index in [0.29, 0.717) is 5.69 Å². The number of nitrogen functional groups attached to an aromatic ring is 1. The van der Waals surface area contributed by atoms with Crippen molar-refractivity contribution in [3.63, 3.8) is 0 Å². The van der Waals surface area contributed by atoms with Crippen LogP contribution in [0.15, 0.2) is 18.2 Å². The van der Waals surface area contributed by atoms with Crippen molar-refractivity contribution >= 4 is 24.2 Å². The van der Waals surface area contributed by atoms with Gasteiger partial charge >= 0.3 is 7.12 Å². The van der Waals surface area contributed by atoms with Crippen LogP contribution in [-0.2, 0) is 19.7 Å². The largest absolute Gasteiger partial charge is 0.565 e. The molecule has 1 aromatic rings. The Morgan fingerprint density at radius 3 is 2.81 bits per heavy atom. The molecule has 1 heterocycles.